The van der Waals surface area contributed by atoms with E-state index in [9.17, 15) is 14.3 Å². The molecule has 1 atom stereocenters. The Labute approximate surface area is 93.9 Å². The minimum atomic E-state index is -1.58. The first kappa shape index (κ1) is 12.6. The molecule has 3 nitrogen and oxygen atoms in total. The average molecular weight is 226 g/mol. The van der Waals surface area contributed by atoms with Crippen molar-refractivity contribution in [2.24, 2.45) is 0 Å². The molecule has 0 bridgehead atoms. The fourth-order valence-corrected chi connectivity index (χ4v) is 1.36. The van der Waals surface area contributed by atoms with Crippen molar-refractivity contribution in [2.75, 3.05) is 6.61 Å². The smallest absolute Gasteiger partial charge is 0.338 e. The van der Waals surface area contributed by atoms with Gasteiger partial charge in [0.2, 0.25) is 0 Å². The fourth-order valence-electron chi connectivity index (χ4n) is 1.36. The molecule has 0 unspecified atom stereocenters. The van der Waals surface area contributed by atoms with Crippen molar-refractivity contribution in [1.82, 2.24) is 0 Å². The molecule has 16 heavy (non-hydrogen) atoms. The molecule has 0 aliphatic carbocycles. The van der Waals surface area contributed by atoms with Gasteiger partial charge in [0.05, 0.1) is 6.61 Å². The number of halogens is 1. The van der Waals surface area contributed by atoms with Crippen molar-refractivity contribution in [3.05, 3.63) is 35.6 Å². The minimum Gasteiger partial charge on any atom is -0.464 e. The van der Waals surface area contributed by atoms with Gasteiger partial charge in [-0.3, -0.25) is 0 Å². The topological polar surface area (TPSA) is 46.5 Å². The van der Waals surface area contributed by atoms with E-state index in [2.05, 4.69) is 0 Å². The van der Waals surface area contributed by atoms with Crippen LogP contribution in [0.15, 0.2) is 24.3 Å². The van der Waals surface area contributed by atoms with Crippen LogP contribution in [-0.4, -0.2) is 23.3 Å². The van der Waals surface area contributed by atoms with Crippen LogP contribution in [0.25, 0.3) is 0 Å². The van der Waals surface area contributed by atoms with Crippen LogP contribution in [0.2, 0.25) is 0 Å². The molecule has 1 aromatic carbocycles. The summed E-state index contributed by atoms with van der Waals surface area (Å²) < 4.78 is 17.4. The van der Waals surface area contributed by atoms with Crippen molar-refractivity contribution in [3.63, 3.8) is 0 Å². The van der Waals surface area contributed by atoms with Crippen LogP contribution in [-0.2, 0) is 16.0 Å². The molecule has 1 N–H and O–H groups in total. The summed E-state index contributed by atoms with van der Waals surface area (Å²) in [5.41, 5.74) is -0.896. The molecule has 0 saturated heterocycles. The summed E-state index contributed by atoms with van der Waals surface area (Å²) in [4.78, 5) is 11.4. The largest absolute Gasteiger partial charge is 0.464 e. The summed E-state index contributed by atoms with van der Waals surface area (Å²) in [6, 6.07) is 5.64. The number of hydrogen-bond donors (Lipinski definition) is 1. The zero-order valence-electron chi connectivity index (χ0n) is 9.37. The van der Waals surface area contributed by atoms with Crippen LogP contribution in [0.5, 0.6) is 0 Å². The van der Waals surface area contributed by atoms with E-state index in [-0.39, 0.29) is 18.8 Å². The summed E-state index contributed by atoms with van der Waals surface area (Å²) >= 11 is 0. The molecule has 0 aliphatic heterocycles. The number of ether oxygens (including phenoxy) is 1. The average Bonchev–Trinajstić information content (AvgIpc) is 2.21. The highest BCUT2D eigenvalue weighted by Crippen LogP contribution is 2.15. The van der Waals surface area contributed by atoms with Crippen LogP contribution in [0.3, 0.4) is 0 Å². The Balaban J connectivity index is 2.72. The van der Waals surface area contributed by atoms with E-state index < -0.39 is 11.6 Å². The predicted molar refractivity (Wildman–Crippen MR) is 57.4 cm³/mol. The molecule has 1 rings (SSSR count). The molecule has 0 radical (unpaired) electrons. The van der Waals surface area contributed by atoms with Gasteiger partial charge in [0, 0.05) is 6.42 Å². The number of hydrogen-bond acceptors (Lipinski definition) is 3. The van der Waals surface area contributed by atoms with E-state index in [1.165, 1.54) is 31.2 Å². The van der Waals surface area contributed by atoms with Gasteiger partial charge in [-0.25, -0.2) is 9.18 Å². The Morgan fingerprint density at radius 1 is 1.44 bits per heavy atom. The highest BCUT2D eigenvalue weighted by Gasteiger charge is 2.31. The molecule has 0 fully saturated rings. The van der Waals surface area contributed by atoms with Gasteiger partial charge in [0.25, 0.3) is 0 Å². The number of carbonyl (C=O) groups is 1. The lowest BCUT2D eigenvalue weighted by Gasteiger charge is -2.20. The fraction of sp³-hybridized carbons (Fsp3) is 0.417. The highest BCUT2D eigenvalue weighted by atomic mass is 19.1. The second kappa shape index (κ2) is 5.07. The van der Waals surface area contributed by atoms with Gasteiger partial charge in [-0.1, -0.05) is 12.1 Å². The molecule has 88 valence electrons. The molecule has 0 aliphatic rings. The van der Waals surface area contributed by atoms with Crippen molar-refractivity contribution in [3.8, 4) is 0 Å². The SMILES string of the molecule is CCOC(=O)[C@@](C)(O)Cc1ccc(F)cc1. The van der Waals surface area contributed by atoms with Crippen LogP contribution in [0.1, 0.15) is 19.4 Å². The second-order valence-electron chi connectivity index (χ2n) is 3.80. The van der Waals surface area contributed by atoms with Gasteiger partial charge >= 0.3 is 5.97 Å². The summed E-state index contributed by atoms with van der Waals surface area (Å²) in [5, 5.41) is 9.87. The molecule has 0 spiro atoms. The third-order valence-electron chi connectivity index (χ3n) is 2.18. The number of rotatable bonds is 4. The summed E-state index contributed by atoms with van der Waals surface area (Å²) in [5.74, 6) is -1.01. The molecular formula is C12H15FO3. The number of benzene rings is 1. The van der Waals surface area contributed by atoms with Gasteiger partial charge in [0.1, 0.15) is 5.82 Å². The number of esters is 1. The Kier molecular flexibility index (Phi) is 4.01. The first-order valence-corrected chi connectivity index (χ1v) is 5.10. The lowest BCUT2D eigenvalue weighted by atomic mass is 9.97. The first-order chi connectivity index (χ1) is 7.45. The lowest BCUT2D eigenvalue weighted by Crippen LogP contribution is -2.39. The molecule has 0 amide bonds. The third-order valence-corrected chi connectivity index (χ3v) is 2.18. The van der Waals surface area contributed by atoms with Gasteiger partial charge in [-0.2, -0.15) is 0 Å². The van der Waals surface area contributed by atoms with Crippen LogP contribution >= 0.6 is 0 Å². The Bertz CT molecular complexity index is 357. The standard InChI is InChI=1S/C12H15FO3/c1-3-16-11(14)12(2,15)8-9-4-6-10(13)7-5-9/h4-7,15H,3,8H2,1-2H3/t12-/m0/s1. The van der Waals surface area contributed by atoms with Crippen molar-refractivity contribution < 1.29 is 19.0 Å². The minimum absolute atomic E-state index is 0.103. The third kappa shape index (κ3) is 3.31. The Morgan fingerprint density at radius 2 is 2.00 bits per heavy atom. The molecule has 0 saturated carbocycles. The Morgan fingerprint density at radius 3 is 2.50 bits per heavy atom. The van der Waals surface area contributed by atoms with Crippen LogP contribution in [0, 0.1) is 5.82 Å². The monoisotopic (exact) mass is 226 g/mol. The molecule has 0 aromatic heterocycles. The maximum Gasteiger partial charge on any atom is 0.338 e. The zero-order chi connectivity index (χ0) is 12.2. The van der Waals surface area contributed by atoms with Crippen molar-refractivity contribution in [2.45, 2.75) is 25.9 Å². The van der Waals surface area contributed by atoms with Gasteiger partial charge in [0.15, 0.2) is 5.60 Å². The predicted octanol–water partition coefficient (Wildman–Crippen LogP) is 1.68. The molecule has 1 aromatic rings. The molecule has 4 heteroatoms. The van der Waals surface area contributed by atoms with Gasteiger partial charge < -0.3 is 9.84 Å². The normalized spacial score (nSPS) is 14.2. The quantitative estimate of drug-likeness (QED) is 0.794. The maximum atomic E-state index is 12.6. The summed E-state index contributed by atoms with van der Waals surface area (Å²) in [6.45, 7) is 3.28. The highest BCUT2D eigenvalue weighted by molar-refractivity contribution is 5.79. The van der Waals surface area contributed by atoms with E-state index in [0.717, 1.165) is 0 Å². The van der Waals surface area contributed by atoms with Crippen LogP contribution in [0.4, 0.5) is 4.39 Å². The van der Waals surface area contributed by atoms with Gasteiger partial charge in [-0.05, 0) is 31.5 Å². The molecular weight excluding hydrogens is 211 g/mol. The second-order valence-corrected chi connectivity index (χ2v) is 3.80. The van der Waals surface area contributed by atoms with Crippen LogP contribution < -0.4 is 0 Å². The van der Waals surface area contributed by atoms with Crippen molar-refractivity contribution >= 4 is 5.97 Å². The Hall–Kier alpha value is -1.42. The summed E-state index contributed by atoms with van der Waals surface area (Å²) in [7, 11) is 0. The summed E-state index contributed by atoms with van der Waals surface area (Å²) in [6.07, 6.45) is 0.103. The van der Waals surface area contributed by atoms with E-state index >= 15 is 0 Å². The van der Waals surface area contributed by atoms with Gasteiger partial charge in [-0.15, -0.1) is 0 Å². The van der Waals surface area contributed by atoms with E-state index in [1.54, 1.807) is 6.92 Å². The van der Waals surface area contributed by atoms with E-state index in [4.69, 9.17) is 4.74 Å². The van der Waals surface area contributed by atoms with E-state index in [1.807, 2.05) is 0 Å². The lowest BCUT2D eigenvalue weighted by molar-refractivity contribution is -0.162. The molecule has 0 heterocycles. The van der Waals surface area contributed by atoms with E-state index in [0.29, 0.717) is 5.56 Å². The maximum absolute atomic E-state index is 12.6. The van der Waals surface area contributed by atoms with Crippen molar-refractivity contribution in [1.29, 1.82) is 0 Å². The first-order valence-electron chi connectivity index (χ1n) is 5.10. The zero-order valence-corrected chi connectivity index (χ0v) is 9.37. The number of carbonyl (C=O) groups excluding carboxylic acids is 1. The number of aliphatic hydroxyl groups is 1.